The molecular weight excluding hydrogens is 454 g/mol. The summed E-state index contributed by atoms with van der Waals surface area (Å²) in [6.07, 6.45) is 4.65. The summed E-state index contributed by atoms with van der Waals surface area (Å²) in [6, 6.07) is 17.5. The Balaban J connectivity index is 1.23. The minimum absolute atomic E-state index is 0.0328. The van der Waals surface area contributed by atoms with E-state index < -0.39 is 10.0 Å². The van der Waals surface area contributed by atoms with E-state index in [1.165, 1.54) is 9.71 Å². The van der Waals surface area contributed by atoms with Crippen LogP contribution in [0.4, 0.5) is 0 Å². The van der Waals surface area contributed by atoms with Crippen molar-refractivity contribution >= 4 is 43.6 Å². The average molecular weight is 482 g/mol. The van der Waals surface area contributed by atoms with E-state index in [2.05, 4.69) is 6.07 Å². The van der Waals surface area contributed by atoms with Crippen LogP contribution >= 0.6 is 11.3 Å². The smallest absolute Gasteiger partial charge is 0.236 e. The van der Waals surface area contributed by atoms with Gasteiger partial charge in [0.25, 0.3) is 0 Å². The number of thiazole rings is 1. The largest absolute Gasteiger partial charge is 0.333 e. The van der Waals surface area contributed by atoms with Crippen LogP contribution in [-0.4, -0.2) is 48.1 Å². The highest BCUT2D eigenvalue weighted by Gasteiger charge is 2.38. The maximum Gasteiger partial charge on any atom is 0.236 e. The first-order chi connectivity index (χ1) is 16.0. The summed E-state index contributed by atoms with van der Waals surface area (Å²) in [5.74, 6) is 0.0122. The van der Waals surface area contributed by atoms with Crippen molar-refractivity contribution in [1.29, 1.82) is 0 Å². The topological polar surface area (TPSA) is 70.6 Å². The Bertz CT molecular complexity index is 1230. The van der Waals surface area contributed by atoms with Gasteiger partial charge in [0, 0.05) is 31.0 Å². The Hall–Kier alpha value is -2.55. The van der Waals surface area contributed by atoms with Crippen LogP contribution in [0.15, 0.2) is 60.0 Å². The van der Waals surface area contributed by atoms with Gasteiger partial charge in [-0.2, -0.15) is 4.31 Å². The summed E-state index contributed by atoms with van der Waals surface area (Å²) in [5.41, 5.74) is 1.83. The second-order valence-corrected chi connectivity index (χ2v) is 11.5. The summed E-state index contributed by atoms with van der Waals surface area (Å²) in [7, 11) is -3.50. The molecule has 1 unspecified atom stereocenters. The molecule has 2 aliphatic heterocycles. The molecule has 3 heterocycles. The van der Waals surface area contributed by atoms with Gasteiger partial charge in [0.2, 0.25) is 15.9 Å². The highest BCUT2D eigenvalue weighted by Crippen LogP contribution is 2.38. The maximum absolute atomic E-state index is 13.4. The van der Waals surface area contributed by atoms with Gasteiger partial charge in [0.1, 0.15) is 5.01 Å². The number of nitrogens with zero attached hydrogens (tertiary/aromatic N) is 3. The first-order valence-electron chi connectivity index (χ1n) is 11.4. The fraction of sp³-hybridized carbons (Fsp3) is 0.360. The van der Waals surface area contributed by atoms with Gasteiger partial charge in [0.05, 0.1) is 16.3 Å². The van der Waals surface area contributed by atoms with Crippen molar-refractivity contribution < 1.29 is 13.2 Å². The fourth-order valence-electron chi connectivity index (χ4n) is 4.73. The zero-order chi connectivity index (χ0) is 22.8. The number of fused-ring (bicyclic) bond motifs is 1. The summed E-state index contributed by atoms with van der Waals surface area (Å²) in [5, 5.41) is 2.28. The normalized spacial score (nSPS) is 20.7. The van der Waals surface area contributed by atoms with Crippen LogP contribution in [0.3, 0.4) is 0 Å². The van der Waals surface area contributed by atoms with Crippen LogP contribution in [0.2, 0.25) is 0 Å². The zero-order valence-electron chi connectivity index (χ0n) is 18.3. The number of aromatic nitrogens is 1. The third-order valence-electron chi connectivity index (χ3n) is 6.53. The zero-order valence-corrected chi connectivity index (χ0v) is 20.0. The number of benzene rings is 2. The van der Waals surface area contributed by atoms with Crippen molar-refractivity contribution in [3.63, 3.8) is 0 Å². The second kappa shape index (κ2) is 9.37. The first-order valence-corrected chi connectivity index (χ1v) is 13.7. The lowest BCUT2D eigenvalue weighted by molar-refractivity contribution is -0.137. The van der Waals surface area contributed by atoms with Crippen molar-refractivity contribution in [2.24, 2.45) is 5.92 Å². The van der Waals surface area contributed by atoms with Gasteiger partial charge in [-0.15, -0.1) is 11.3 Å². The van der Waals surface area contributed by atoms with E-state index in [0.29, 0.717) is 25.9 Å². The van der Waals surface area contributed by atoms with Crippen LogP contribution in [0.25, 0.3) is 16.3 Å². The number of hydrogen-bond donors (Lipinski definition) is 0. The third-order valence-corrected chi connectivity index (χ3v) is 9.23. The average Bonchev–Trinajstić information content (AvgIpc) is 3.50. The van der Waals surface area contributed by atoms with Crippen LogP contribution < -0.4 is 0 Å². The van der Waals surface area contributed by atoms with Crippen molar-refractivity contribution in [3.8, 4) is 0 Å². The van der Waals surface area contributed by atoms with Crippen LogP contribution in [0.5, 0.6) is 0 Å². The third kappa shape index (κ3) is 4.74. The molecule has 0 radical (unpaired) electrons. The number of sulfonamides is 1. The van der Waals surface area contributed by atoms with Gasteiger partial charge in [-0.25, -0.2) is 13.4 Å². The molecule has 1 amide bonds. The van der Waals surface area contributed by atoms with Gasteiger partial charge in [-0.05, 0) is 49.5 Å². The number of hydrogen-bond acceptors (Lipinski definition) is 5. The van der Waals surface area contributed by atoms with Gasteiger partial charge < -0.3 is 4.90 Å². The minimum Gasteiger partial charge on any atom is -0.333 e. The van der Waals surface area contributed by atoms with E-state index in [0.717, 1.165) is 40.2 Å². The first kappa shape index (κ1) is 22.3. The van der Waals surface area contributed by atoms with Crippen LogP contribution in [0.1, 0.15) is 42.3 Å². The predicted molar refractivity (Wildman–Crippen MR) is 132 cm³/mol. The van der Waals surface area contributed by atoms with Crippen LogP contribution in [-0.2, 0) is 14.8 Å². The van der Waals surface area contributed by atoms with Crippen molar-refractivity contribution in [1.82, 2.24) is 14.2 Å². The Kier molecular flexibility index (Phi) is 6.32. The molecule has 2 aromatic carbocycles. The quantitative estimate of drug-likeness (QED) is 0.531. The lowest BCUT2D eigenvalue weighted by atomic mass is 9.96. The molecule has 33 heavy (non-hydrogen) atoms. The maximum atomic E-state index is 13.4. The molecule has 172 valence electrons. The number of carbonyl (C=O) groups is 1. The Morgan fingerprint density at radius 1 is 0.970 bits per heavy atom. The standard InChI is InChI=1S/C25H27N3O3S2/c29-25(28-15-6-10-22(28)24-26-21-9-4-5-11-23(21)32-24)20-12-16-27(17-13-20)33(30,31)18-14-19-7-2-1-3-8-19/h1-5,7-9,11,14,18,20,22H,6,10,12-13,15-17H2. The van der Waals surface area contributed by atoms with Crippen LogP contribution in [0, 0.1) is 5.92 Å². The van der Waals surface area contributed by atoms with E-state index >= 15 is 0 Å². The molecule has 0 spiro atoms. The number of likely N-dealkylation sites (tertiary alicyclic amines) is 1. The van der Waals surface area contributed by atoms with Gasteiger partial charge in [0.15, 0.2) is 0 Å². The monoisotopic (exact) mass is 481 g/mol. The Morgan fingerprint density at radius 3 is 2.45 bits per heavy atom. The lowest BCUT2D eigenvalue weighted by Gasteiger charge is -2.33. The van der Waals surface area contributed by atoms with E-state index in [1.54, 1.807) is 17.4 Å². The molecule has 0 aliphatic carbocycles. The van der Waals surface area contributed by atoms with E-state index in [9.17, 15) is 13.2 Å². The molecule has 0 N–H and O–H groups in total. The molecule has 1 aromatic heterocycles. The molecule has 0 saturated carbocycles. The summed E-state index contributed by atoms with van der Waals surface area (Å²) in [4.78, 5) is 20.2. The number of amides is 1. The molecule has 1 atom stereocenters. The molecule has 2 fully saturated rings. The molecule has 8 heteroatoms. The predicted octanol–water partition coefficient (Wildman–Crippen LogP) is 4.67. The SMILES string of the molecule is O=C(C1CCN(S(=O)(=O)C=Cc2ccccc2)CC1)N1CCCC1c1nc2ccccc2s1. The highest BCUT2D eigenvalue weighted by molar-refractivity contribution is 7.92. The molecule has 0 bridgehead atoms. The number of carbonyl (C=O) groups excluding carboxylic acids is 1. The number of piperidine rings is 1. The minimum atomic E-state index is -3.50. The second-order valence-electron chi connectivity index (χ2n) is 8.64. The molecule has 3 aromatic rings. The van der Waals surface area contributed by atoms with E-state index in [1.807, 2.05) is 53.4 Å². The summed E-state index contributed by atoms with van der Waals surface area (Å²) < 4.78 is 28.1. The molecule has 2 aliphatic rings. The summed E-state index contributed by atoms with van der Waals surface area (Å²) in [6.45, 7) is 1.49. The number of para-hydroxylation sites is 1. The van der Waals surface area contributed by atoms with Crippen molar-refractivity contribution in [3.05, 3.63) is 70.6 Å². The van der Waals surface area contributed by atoms with E-state index in [-0.39, 0.29) is 17.9 Å². The van der Waals surface area contributed by atoms with E-state index in [4.69, 9.17) is 4.98 Å². The lowest BCUT2D eigenvalue weighted by Crippen LogP contribution is -2.43. The Morgan fingerprint density at radius 2 is 1.70 bits per heavy atom. The van der Waals surface area contributed by atoms with Gasteiger partial charge in [-0.1, -0.05) is 42.5 Å². The van der Waals surface area contributed by atoms with Crippen molar-refractivity contribution in [2.75, 3.05) is 19.6 Å². The molecule has 2 saturated heterocycles. The fourth-order valence-corrected chi connectivity index (χ4v) is 7.06. The summed E-state index contributed by atoms with van der Waals surface area (Å²) >= 11 is 1.67. The van der Waals surface area contributed by atoms with Crippen molar-refractivity contribution in [2.45, 2.75) is 31.7 Å². The van der Waals surface area contributed by atoms with Gasteiger partial charge >= 0.3 is 0 Å². The number of rotatable bonds is 5. The molecule has 5 rings (SSSR count). The molecule has 6 nitrogen and oxygen atoms in total. The van der Waals surface area contributed by atoms with Gasteiger partial charge in [-0.3, -0.25) is 4.79 Å². The highest BCUT2D eigenvalue weighted by atomic mass is 32.2. The molecular formula is C25H27N3O3S2. The Labute approximate surface area is 198 Å².